The van der Waals surface area contributed by atoms with Crippen molar-refractivity contribution < 1.29 is 19.3 Å². The third-order valence-electron chi connectivity index (χ3n) is 5.86. The molecule has 2 aliphatic rings. The molecule has 2 amide bonds. The number of benzene rings is 3. The molecule has 0 bridgehead atoms. The number of rotatable bonds is 4. The molecule has 0 N–H and O–H groups in total. The van der Waals surface area contributed by atoms with E-state index >= 15 is 0 Å². The molecular weight excluding hydrogens is 410 g/mol. The molecule has 2 saturated heterocycles. The van der Waals surface area contributed by atoms with Crippen molar-refractivity contribution in [3.05, 3.63) is 100 Å². The van der Waals surface area contributed by atoms with Crippen LogP contribution < -0.4 is 9.96 Å². The second kappa shape index (κ2) is 7.58. The number of carbonyl (C=O) groups is 2. The first-order valence-corrected chi connectivity index (χ1v) is 10.2. The van der Waals surface area contributed by atoms with Gasteiger partial charge in [-0.2, -0.15) is 0 Å². The molecule has 8 nitrogen and oxygen atoms in total. The smallest absolute Gasteiger partial charge is 0.269 e. The highest BCUT2D eigenvalue weighted by Crippen LogP contribution is 2.47. The predicted octanol–water partition coefficient (Wildman–Crippen LogP) is 3.95. The number of nitro benzene ring substituents is 1. The van der Waals surface area contributed by atoms with E-state index in [-0.39, 0.29) is 11.4 Å². The Hall–Kier alpha value is -4.04. The van der Waals surface area contributed by atoms with Gasteiger partial charge in [-0.05, 0) is 36.8 Å². The Balaban J connectivity index is 1.55. The maximum atomic E-state index is 13.5. The molecule has 2 aliphatic heterocycles. The van der Waals surface area contributed by atoms with Crippen LogP contribution in [-0.4, -0.2) is 22.8 Å². The minimum Gasteiger partial charge on any atom is -0.273 e. The van der Waals surface area contributed by atoms with Crippen molar-refractivity contribution in [3.63, 3.8) is 0 Å². The van der Waals surface area contributed by atoms with Crippen LogP contribution in [0.25, 0.3) is 0 Å². The van der Waals surface area contributed by atoms with E-state index in [1.54, 1.807) is 5.06 Å². The van der Waals surface area contributed by atoms with Crippen LogP contribution in [-0.2, 0) is 14.4 Å². The number of hydroxylamine groups is 1. The highest BCUT2D eigenvalue weighted by atomic mass is 16.7. The monoisotopic (exact) mass is 429 g/mol. The summed E-state index contributed by atoms with van der Waals surface area (Å²) in [5, 5.41) is 12.6. The molecule has 5 rings (SSSR count). The summed E-state index contributed by atoms with van der Waals surface area (Å²) in [4.78, 5) is 44.3. The van der Waals surface area contributed by atoms with E-state index in [1.807, 2.05) is 61.5 Å². The molecule has 2 fully saturated rings. The quantitative estimate of drug-likeness (QED) is 0.354. The second-order valence-corrected chi connectivity index (χ2v) is 7.85. The van der Waals surface area contributed by atoms with Crippen molar-refractivity contribution in [1.29, 1.82) is 0 Å². The molecule has 0 unspecified atom stereocenters. The number of fused-ring (bicyclic) bond motifs is 1. The van der Waals surface area contributed by atoms with Crippen LogP contribution in [0, 0.1) is 23.0 Å². The summed E-state index contributed by atoms with van der Waals surface area (Å²) in [6.07, 6.45) is -0.982. The van der Waals surface area contributed by atoms with Gasteiger partial charge in [0.05, 0.1) is 22.3 Å². The van der Waals surface area contributed by atoms with Gasteiger partial charge in [-0.3, -0.25) is 24.5 Å². The molecule has 3 atom stereocenters. The third-order valence-corrected chi connectivity index (χ3v) is 5.86. The fourth-order valence-electron chi connectivity index (χ4n) is 4.29. The number of aryl methyl sites for hydroxylation is 1. The lowest BCUT2D eigenvalue weighted by molar-refractivity contribution is -0.384. The van der Waals surface area contributed by atoms with Gasteiger partial charge >= 0.3 is 0 Å². The number of non-ortho nitro benzene ring substituents is 1. The average Bonchev–Trinajstić information content (AvgIpc) is 3.31. The molecule has 0 saturated carbocycles. The Morgan fingerprint density at radius 3 is 2.12 bits per heavy atom. The van der Waals surface area contributed by atoms with Gasteiger partial charge in [-0.15, -0.1) is 0 Å². The molecule has 2 heterocycles. The van der Waals surface area contributed by atoms with Crippen molar-refractivity contribution in [1.82, 2.24) is 0 Å². The number of anilines is 2. The Kier molecular flexibility index (Phi) is 4.71. The summed E-state index contributed by atoms with van der Waals surface area (Å²) in [7, 11) is 0. The van der Waals surface area contributed by atoms with Crippen LogP contribution >= 0.6 is 0 Å². The largest absolute Gasteiger partial charge is 0.273 e. The van der Waals surface area contributed by atoms with Gasteiger partial charge in [0, 0.05) is 12.1 Å². The molecule has 3 aromatic carbocycles. The summed E-state index contributed by atoms with van der Waals surface area (Å²) < 4.78 is 0. The Bertz CT molecular complexity index is 1190. The number of imide groups is 1. The molecule has 3 aromatic rings. The molecule has 160 valence electrons. The van der Waals surface area contributed by atoms with Crippen LogP contribution in [0.5, 0.6) is 0 Å². The van der Waals surface area contributed by atoms with E-state index in [1.165, 1.54) is 24.3 Å². The van der Waals surface area contributed by atoms with Gasteiger partial charge in [0.2, 0.25) is 5.91 Å². The Morgan fingerprint density at radius 2 is 1.50 bits per heavy atom. The van der Waals surface area contributed by atoms with Crippen molar-refractivity contribution in [2.45, 2.75) is 19.1 Å². The fraction of sp³-hybridized carbons (Fsp3) is 0.167. The first-order valence-electron chi connectivity index (χ1n) is 10.2. The van der Waals surface area contributed by atoms with E-state index < -0.39 is 34.8 Å². The van der Waals surface area contributed by atoms with E-state index in [9.17, 15) is 19.7 Å². The van der Waals surface area contributed by atoms with Gasteiger partial charge in [-0.25, -0.2) is 9.96 Å². The lowest BCUT2D eigenvalue weighted by atomic mass is 9.90. The van der Waals surface area contributed by atoms with Gasteiger partial charge < -0.3 is 0 Å². The normalized spacial score (nSPS) is 22.3. The first-order chi connectivity index (χ1) is 15.5. The van der Waals surface area contributed by atoms with Crippen LogP contribution in [0.1, 0.15) is 17.2 Å². The zero-order valence-corrected chi connectivity index (χ0v) is 17.1. The molecule has 32 heavy (non-hydrogen) atoms. The summed E-state index contributed by atoms with van der Waals surface area (Å²) >= 11 is 0. The van der Waals surface area contributed by atoms with Crippen LogP contribution in [0.3, 0.4) is 0 Å². The number of hydrogen-bond donors (Lipinski definition) is 0. The number of nitro groups is 1. The first kappa shape index (κ1) is 19.9. The summed E-state index contributed by atoms with van der Waals surface area (Å²) in [5.41, 5.74) is 2.86. The summed E-state index contributed by atoms with van der Waals surface area (Å²) in [5.74, 6) is -1.62. The van der Waals surface area contributed by atoms with Crippen LogP contribution in [0.4, 0.5) is 17.1 Å². The molecule has 0 aromatic heterocycles. The number of hydrogen-bond acceptors (Lipinski definition) is 6. The van der Waals surface area contributed by atoms with E-state index in [0.717, 1.165) is 21.7 Å². The number of amides is 2. The van der Waals surface area contributed by atoms with E-state index in [4.69, 9.17) is 4.84 Å². The summed E-state index contributed by atoms with van der Waals surface area (Å²) in [6, 6.07) is 22.0. The van der Waals surface area contributed by atoms with Crippen molar-refractivity contribution in [3.8, 4) is 0 Å². The average molecular weight is 429 g/mol. The minimum atomic E-state index is -0.982. The maximum Gasteiger partial charge on any atom is 0.269 e. The molecule has 0 aliphatic carbocycles. The molecule has 0 radical (unpaired) electrons. The number of para-hydroxylation sites is 1. The zero-order valence-electron chi connectivity index (χ0n) is 17.1. The maximum absolute atomic E-state index is 13.5. The zero-order chi connectivity index (χ0) is 22.4. The van der Waals surface area contributed by atoms with Gasteiger partial charge in [-0.1, -0.05) is 48.0 Å². The van der Waals surface area contributed by atoms with Crippen molar-refractivity contribution in [2.24, 2.45) is 5.92 Å². The van der Waals surface area contributed by atoms with Gasteiger partial charge in [0.15, 0.2) is 6.10 Å². The van der Waals surface area contributed by atoms with Gasteiger partial charge in [0.25, 0.3) is 11.6 Å². The van der Waals surface area contributed by atoms with E-state index in [0.29, 0.717) is 0 Å². The lowest BCUT2D eigenvalue weighted by Crippen LogP contribution is -2.37. The van der Waals surface area contributed by atoms with Crippen LogP contribution in [0.15, 0.2) is 78.9 Å². The minimum absolute atomic E-state index is 0.114. The predicted molar refractivity (Wildman–Crippen MR) is 117 cm³/mol. The number of carbonyl (C=O) groups excluding carboxylic acids is 2. The van der Waals surface area contributed by atoms with E-state index in [2.05, 4.69) is 0 Å². The SMILES string of the molecule is Cc1ccc([C@@H]2[C@@H]3C(=O)N(c4ccc([N+](=O)[O-])cc4)C(=O)[C@@H]3ON2c2ccccc2)cc1. The highest BCUT2D eigenvalue weighted by Gasteiger charge is 2.60. The van der Waals surface area contributed by atoms with Crippen molar-refractivity contribution in [2.75, 3.05) is 9.96 Å². The number of nitrogens with zero attached hydrogens (tertiary/aromatic N) is 3. The molecule has 0 spiro atoms. The molecular formula is C24H19N3O5. The topological polar surface area (TPSA) is 93.0 Å². The van der Waals surface area contributed by atoms with Crippen molar-refractivity contribution >= 4 is 28.9 Å². The molecule has 8 heteroatoms. The Morgan fingerprint density at radius 1 is 0.844 bits per heavy atom. The highest BCUT2D eigenvalue weighted by molar-refractivity contribution is 6.23. The fourth-order valence-corrected chi connectivity index (χ4v) is 4.29. The Labute approximate surface area is 183 Å². The van der Waals surface area contributed by atoms with Gasteiger partial charge in [0.1, 0.15) is 5.92 Å². The standard InChI is InChI=1S/C24H19N3O5/c1-15-7-9-16(10-8-15)21-20-22(32-26(21)18-5-3-2-4-6-18)24(29)25(23(20)28)17-11-13-19(14-12-17)27(30)31/h2-14,20-22H,1H3/t20-,21+,22+/m0/s1. The second-order valence-electron chi connectivity index (χ2n) is 7.85. The summed E-state index contributed by atoms with van der Waals surface area (Å²) in [6.45, 7) is 1.98. The van der Waals surface area contributed by atoms with Crippen LogP contribution in [0.2, 0.25) is 0 Å². The lowest BCUT2D eigenvalue weighted by Gasteiger charge is -2.28. The third kappa shape index (κ3) is 3.12.